The van der Waals surface area contributed by atoms with E-state index in [0.29, 0.717) is 29.2 Å². The van der Waals surface area contributed by atoms with E-state index in [9.17, 15) is 9.90 Å². The molecule has 1 aliphatic rings. The molecule has 0 spiro atoms. The van der Waals surface area contributed by atoms with E-state index < -0.39 is 11.4 Å². The van der Waals surface area contributed by atoms with Crippen molar-refractivity contribution in [1.29, 1.82) is 0 Å². The third-order valence-electron chi connectivity index (χ3n) is 3.57. The van der Waals surface area contributed by atoms with Gasteiger partial charge < -0.3 is 9.84 Å². The molecular formula is C13H15ClO3. The van der Waals surface area contributed by atoms with Crippen LogP contribution >= 0.6 is 11.6 Å². The fourth-order valence-electron chi connectivity index (χ4n) is 2.61. The first-order valence-corrected chi connectivity index (χ1v) is 6.06. The van der Waals surface area contributed by atoms with Crippen LogP contribution in [0, 0.1) is 0 Å². The second-order valence-corrected chi connectivity index (χ2v) is 4.79. The van der Waals surface area contributed by atoms with Crippen LogP contribution in [-0.4, -0.2) is 18.2 Å². The van der Waals surface area contributed by atoms with E-state index in [4.69, 9.17) is 16.3 Å². The molecule has 1 aliphatic carbocycles. The molecule has 0 aromatic heterocycles. The number of carbonyl (C=O) groups is 1. The van der Waals surface area contributed by atoms with Crippen LogP contribution in [0.1, 0.15) is 31.2 Å². The molecule has 17 heavy (non-hydrogen) atoms. The van der Waals surface area contributed by atoms with Gasteiger partial charge in [0.15, 0.2) is 0 Å². The number of methoxy groups -OCH3 is 1. The molecule has 92 valence electrons. The Morgan fingerprint density at radius 1 is 1.41 bits per heavy atom. The maximum absolute atomic E-state index is 11.6. The lowest BCUT2D eigenvalue weighted by Crippen LogP contribution is -2.32. The Morgan fingerprint density at radius 2 is 2.06 bits per heavy atom. The molecule has 0 saturated heterocycles. The summed E-state index contributed by atoms with van der Waals surface area (Å²) in [5.41, 5.74) is -0.144. The van der Waals surface area contributed by atoms with Gasteiger partial charge in [0.25, 0.3) is 0 Å². The van der Waals surface area contributed by atoms with Crippen LogP contribution in [0.2, 0.25) is 5.02 Å². The van der Waals surface area contributed by atoms with Crippen LogP contribution in [0.15, 0.2) is 18.2 Å². The van der Waals surface area contributed by atoms with Crippen molar-refractivity contribution < 1.29 is 14.6 Å². The SMILES string of the molecule is COc1cccc(C2(C(=O)O)CCCC2)c1Cl. The highest BCUT2D eigenvalue weighted by atomic mass is 35.5. The predicted octanol–water partition coefficient (Wildman–Crippen LogP) is 3.25. The molecule has 0 radical (unpaired) electrons. The summed E-state index contributed by atoms with van der Waals surface area (Å²) in [6.07, 6.45) is 3.16. The molecule has 0 heterocycles. The van der Waals surface area contributed by atoms with Gasteiger partial charge in [-0.05, 0) is 24.5 Å². The first-order valence-electron chi connectivity index (χ1n) is 5.68. The van der Waals surface area contributed by atoms with Crippen LogP contribution in [0.4, 0.5) is 0 Å². The van der Waals surface area contributed by atoms with E-state index in [1.807, 2.05) is 0 Å². The third kappa shape index (κ3) is 1.89. The number of carboxylic acids is 1. The summed E-state index contributed by atoms with van der Waals surface area (Å²) < 4.78 is 5.15. The second-order valence-electron chi connectivity index (χ2n) is 4.42. The quantitative estimate of drug-likeness (QED) is 0.901. The Bertz CT molecular complexity index is 436. The lowest BCUT2D eigenvalue weighted by Gasteiger charge is -2.26. The predicted molar refractivity (Wildman–Crippen MR) is 65.8 cm³/mol. The fraction of sp³-hybridized carbons (Fsp3) is 0.462. The zero-order valence-electron chi connectivity index (χ0n) is 9.70. The van der Waals surface area contributed by atoms with Crippen molar-refractivity contribution in [3.05, 3.63) is 28.8 Å². The van der Waals surface area contributed by atoms with Gasteiger partial charge >= 0.3 is 5.97 Å². The standard InChI is InChI=1S/C13H15ClO3/c1-17-10-6-4-5-9(11(10)14)13(12(15)16)7-2-3-8-13/h4-6H,2-3,7-8H2,1H3,(H,15,16). The largest absolute Gasteiger partial charge is 0.495 e. The maximum atomic E-state index is 11.6. The van der Waals surface area contributed by atoms with Gasteiger partial charge in [-0.15, -0.1) is 0 Å². The molecule has 2 rings (SSSR count). The van der Waals surface area contributed by atoms with Crippen molar-refractivity contribution in [2.75, 3.05) is 7.11 Å². The van der Waals surface area contributed by atoms with E-state index >= 15 is 0 Å². The average Bonchev–Trinajstić information content (AvgIpc) is 2.79. The van der Waals surface area contributed by atoms with E-state index in [0.717, 1.165) is 12.8 Å². The van der Waals surface area contributed by atoms with Crippen LogP contribution in [0.25, 0.3) is 0 Å². The topological polar surface area (TPSA) is 46.5 Å². The fourth-order valence-corrected chi connectivity index (χ4v) is 3.00. The molecule has 0 atom stereocenters. The maximum Gasteiger partial charge on any atom is 0.314 e. The lowest BCUT2D eigenvalue weighted by atomic mass is 9.79. The van der Waals surface area contributed by atoms with E-state index in [2.05, 4.69) is 0 Å². The molecule has 1 N–H and O–H groups in total. The number of carboxylic acid groups (broad SMARTS) is 1. The molecular weight excluding hydrogens is 240 g/mol. The summed E-state index contributed by atoms with van der Waals surface area (Å²) in [4.78, 5) is 11.6. The summed E-state index contributed by atoms with van der Waals surface area (Å²) >= 11 is 6.23. The van der Waals surface area contributed by atoms with Crippen LogP contribution in [0.5, 0.6) is 5.75 Å². The Balaban J connectivity index is 2.54. The van der Waals surface area contributed by atoms with Crippen molar-refractivity contribution >= 4 is 17.6 Å². The monoisotopic (exact) mass is 254 g/mol. The first kappa shape index (κ1) is 12.2. The van der Waals surface area contributed by atoms with Gasteiger partial charge in [-0.2, -0.15) is 0 Å². The molecule has 1 fully saturated rings. The van der Waals surface area contributed by atoms with E-state index in [1.54, 1.807) is 18.2 Å². The Labute approximate surface area is 105 Å². The van der Waals surface area contributed by atoms with Gasteiger partial charge in [0.2, 0.25) is 0 Å². The number of halogens is 1. The molecule has 1 aromatic rings. The molecule has 3 nitrogen and oxygen atoms in total. The summed E-state index contributed by atoms with van der Waals surface area (Å²) in [5, 5.41) is 9.94. The van der Waals surface area contributed by atoms with Crippen molar-refractivity contribution in [1.82, 2.24) is 0 Å². The number of aliphatic carboxylic acids is 1. The second kappa shape index (κ2) is 4.57. The molecule has 4 heteroatoms. The zero-order valence-corrected chi connectivity index (χ0v) is 10.5. The number of benzene rings is 1. The molecule has 1 aromatic carbocycles. The summed E-state index contributed by atoms with van der Waals surface area (Å²) in [5.74, 6) is -0.248. The van der Waals surface area contributed by atoms with Crippen LogP contribution < -0.4 is 4.74 Å². The molecule has 0 bridgehead atoms. The van der Waals surface area contributed by atoms with Gasteiger partial charge in [-0.1, -0.05) is 36.6 Å². The van der Waals surface area contributed by atoms with Gasteiger partial charge in [0.1, 0.15) is 5.75 Å². The molecule has 0 amide bonds. The van der Waals surface area contributed by atoms with Crippen LogP contribution in [0.3, 0.4) is 0 Å². The summed E-state index contributed by atoms with van der Waals surface area (Å²) in [6.45, 7) is 0. The van der Waals surface area contributed by atoms with E-state index in [-0.39, 0.29) is 0 Å². The minimum Gasteiger partial charge on any atom is -0.495 e. The Hall–Kier alpha value is -1.22. The Morgan fingerprint density at radius 3 is 2.59 bits per heavy atom. The number of rotatable bonds is 3. The van der Waals surface area contributed by atoms with Gasteiger partial charge in [-0.3, -0.25) is 4.79 Å². The number of ether oxygens (including phenoxy) is 1. The van der Waals surface area contributed by atoms with Gasteiger partial charge in [-0.25, -0.2) is 0 Å². The van der Waals surface area contributed by atoms with Gasteiger partial charge in [0, 0.05) is 0 Å². The summed E-state index contributed by atoms with van der Waals surface area (Å²) in [7, 11) is 1.53. The minimum atomic E-state index is -0.828. The number of hydrogen-bond acceptors (Lipinski definition) is 2. The highest BCUT2D eigenvalue weighted by Gasteiger charge is 2.44. The molecule has 0 unspecified atom stereocenters. The van der Waals surface area contributed by atoms with Gasteiger partial charge in [0.05, 0.1) is 17.5 Å². The number of hydrogen-bond donors (Lipinski definition) is 1. The minimum absolute atomic E-state index is 0.430. The third-order valence-corrected chi connectivity index (χ3v) is 3.96. The zero-order chi connectivity index (χ0) is 12.5. The van der Waals surface area contributed by atoms with Crippen molar-refractivity contribution in [3.63, 3.8) is 0 Å². The van der Waals surface area contributed by atoms with Crippen molar-refractivity contribution in [2.24, 2.45) is 0 Å². The Kier molecular flexibility index (Phi) is 3.29. The van der Waals surface area contributed by atoms with Crippen LogP contribution in [-0.2, 0) is 10.2 Å². The highest BCUT2D eigenvalue weighted by molar-refractivity contribution is 6.33. The first-order chi connectivity index (χ1) is 8.12. The van der Waals surface area contributed by atoms with Crippen molar-refractivity contribution in [3.8, 4) is 5.75 Å². The normalized spacial score (nSPS) is 18.0. The molecule has 1 saturated carbocycles. The average molecular weight is 255 g/mol. The highest BCUT2D eigenvalue weighted by Crippen LogP contribution is 2.46. The smallest absolute Gasteiger partial charge is 0.314 e. The van der Waals surface area contributed by atoms with E-state index in [1.165, 1.54) is 7.11 Å². The summed E-state index contributed by atoms with van der Waals surface area (Å²) in [6, 6.07) is 5.34. The molecule has 0 aliphatic heterocycles. The van der Waals surface area contributed by atoms with Crippen molar-refractivity contribution in [2.45, 2.75) is 31.1 Å². The lowest BCUT2D eigenvalue weighted by molar-refractivity contribution is -0.143.